The highest BCUT2D eigenvalue weighted by Crippen LogP contribution is 2.18. The number of amides is 1. The van der Waals surface area contributed by atoms with Gasteiger partial charge in [-0.1, -0.05) is 0 Å². The van der Waals surface area contributed by atoms with Crippen LogP contribution in [0.2, 0.25) is 0 Å². The minimum atomic E-state index is -1.22. The molecule has 1 aliphatic heterocycles. The number of hydrogen-bond acceptors (Lipinski definition) is 5. The van der Waals surface area contributed by atoms with E-state index in [2.05, 4.69) is 5.10 Å². The lowest BCUT2D eigenvalue weighted by Gasteiger charge is -2.21. The lowest BCUT2D eigenvalue weighted by atomic mass is 10.2. The molecular weight excluding hydrogens is 270 g/mol. The molecule has 20 heavy (non-hydrogen) atoms. The summed E-state index contributed by atoms with van der Waals surface area (Å²) in [5.74, 6) is -1.87. The molecule has 1 saturated heterocycles. The molecule has 1 fully saturated rings. The van der Waals surface area contributed by atoms with Crippen molar-refractivity contribution in [1.29, 1.82) is 0 Å². The second kappa shape index (κ2) is 5.29. The Morgan fingerprint density at radius 3 is 2.70 bits per heavy atom. The second-order valence-corrected chi connectivity index (χ2v) is 4.52. The Bertz CT molecular complexity index is 648. The highest BCUT2D eigenvalue weighted by Gasteiger charge is 2.38. The first-order valence-electron chi connectivity index (χ1n) is 5.89. The smallest absolute Gasteiger partial charge is 0.326 e. The van der Waals surface area contributed by atoms with Crippen molar-refractivity contribution in [3.63, 3.8) is 0 Å². The van der Waals surface area contributed by atoms with E-state index in [0.717, 1.165) is 21.7 Å². The lowest BCUT2D eigenvalue weighted by molar-refractivity contribution is -0.148. The van der Waals surface area contributed by atoms with Gasteiger partial charge in [-0.2, -0.15) is 0 Å². The number of aromatic amines is 1. The van der Waals surface area contributed by atoms with Gasteiger partial charge in [0.25, 0.3) is 11.1 Å². The Morgan fingerprint density at radius 2 is 2.05 bits per heavy atom. The normalized spacial score (nSPS) is 21.9. The summed E-state index contributed by atoms with van der Waals surface area (Å²) < 4.78 is 0.800. The molecule has 1 aliphatic rings. The maximum absolute atomic E-state index is 12.0. The molecular formula is C11H13N3O6. The summed E-state index contributed by atoms with van der Waals surface area (Å²) in [6.07, 6.45) is -0.965. The number of hydrogen-bond donors (Lipinski definition) is 3. The predicted octanol–water partition coefficient (Wildman–Crippen LogP) is -2.42. The zero-order chi connectivity index (χ0) is 14.9. The van der Waals surface area contributed by atoms with E-state index >= 15 is 0 Å². The molecule has 0 spiro atoms. The van der Waals surface area contributed by atoms with Crippen LogP contribution in [0, 0.1) is 0 Å². The van der Waals surface area contributed by atoms with Gasteiger partial charge in [0.1, 0.15) is 12.6 Å². The van der Waals surface area contributed by atoms with Crippen molar-refractivity contribution in [2.24, 2.45) is 0 Å². The molecule has 0 saturated carbocycles. The van der Waals surface area contributed by atoms with Crippen LogP contribution in [0.25, 0.3) is 0 Å². The van der Waals surface area contributed by atoms with Gasteiger partial charge in [0, 0.05) is 25.1 Å². The molecule has 0 bridgehead atoms. The number of aromatic nitrogens is 2. The van der Waals surface area contributed by atoms with Gasteiger partial charge in [0.05, 0.1) is 6.10 Å². The zero-order valence-electron chi connectivity index (χ0n) is 10.4. The van der Waals surface area contributed by atoms with Crippen molar-refractivity contribution >= 4 is 11.9 Å². The van der Waals surface area contributed by atoms with Crippen molar-refractivity contribution in [2.75, 3.05) is 6.54 Å². The van der Waals surface area contributed by atoms with Gasteiger partial charge in [-0.3, -0.25) is 19.5 Å². The molecule has 108 valence electrons. The van der Waals surface area contributed by atoms with Gasteiger partial charge in [0.2, 0.25) is 5.91 Å². The maximum Gasteiger partial charge on any atom is 0.326 e. The Balaban J connectivity index is 2.19. The molecule has 0 aromatic carbocycles. The van der Waals surface area contributed by atoms with Gasteiger partial charge in [0.15, 0.2) is 0 Å². The van der Waals surface area contributed by atoms with Gasteiger partial charge >= 0.3 is 5.97 Å². The number of carbonyl (C=O) groups is 2. The molecule has 2 heterocycles. The number of carbonyl (C=O) groups excluding carboxylic acids is 1. The molecule has 2 rings (SSSR count). The molecule has 9 heteroatoms. The summed E-state index contributed by atoms with van der Waals surface area (Å²) in [5.41, 5.74) is -1.13. The first-order chi connectivity index (χ1) is 9.38. The Hall–Kier alpha value is -2.42. The average Bonchev–Trinajstić information content (AvgIpc) is 2.76. The second-order valence-electron chi connectivity index (χ2n) is 4.52. The van der Waals surface area contributed by atoms with Crippen LogP contribution < -0.4 is 11.1 Å². The van der Waals surface area contributed by atoms with Crippen molar-refractivity contribution in [3.05, 3.63) is 32.8 Å². The topological polar surface area (TPSA) is 133 Å². The quantitative estimate of drug-likeness (QED) is 0.565. The number of aliphatic hydroxyl groups is 1. The third-order valence-electron chi connectivity index (χ3n) is 3.07. The van der Waals surface area contributed by atoms with E-state index in [-0.39, 0.29) is 13.0 Å². The summed E-state index contributed by atoms with van der Waals surface area (Å²) >= 11 is 0. The molecule has 2 atom stereocenters. The van der Waals surface area contributed by atoms with Crippen LogP contribution >= 0.6 is 0 Å². The van der Waals surface area contributed by atoms with E-state index < -0.39 is 41.7 Å². The number of aliphatic carboxylic acids is 1. The van der Waals surface area contributed by atoms with Gasteiger partial charge in [-0.15, -0.1) is 0 Å². The fraction of sp³-hybridized carbons (Fsp3) is 0.455. The van der Waals surface area contributed by atoms with Crippen molar-refractivity contribution in [1.82, 2.24) is 14.7 Å². The maximum atomic E-state index is 12.0. The molecule has 1 aromatic rings. The first-order valence-corrected chi connectivity index (χ1v) is 5.89. The van der Waals surface area contributed by atoms with Gasteiger partial charge in [-0.25, -0.2) is 9.48 Å². The number of carboxylic acids is 1. The lowest BCUT2D eigenvalue weighted by Crippen LogP contribution is -2.44. The number of nitrogens with one attached hydrogen (secondary N) is 1. The molecule has 1 aromatic heterocycles. The third-order valence-corrected chi connectivity index (χ3v) is 3.07. The van der Waals surface area contributed by atoms with Crippen LogP contribution in [0.3, 0.4) is 0 Å². The number of aliphatic hydroxyl groups excluding tert-OH is 1. The number of H-pyrrole nitrogens is 1. The Morgan fingerprint density at radius 1 is 1.35 bits per heavy atom. The number of carboxylic acid groups (broad SMARTS) is 1. The summed E-state index contributed by atoms with van der Waals surface area (Å²) in [6, 6.07) is 0.923. The molecule has 0 radical (unpaired) electrons. The summed E-state index contributed by atoms with van der Waals surface area (Å²) in [7, 11) is 0. The van der Waals surface area contributed by atoms with Crippen LogP contribution in [0.5, 0.6) is 0 Å². The van der Waals surface area contributed by atoms with Crippen molar-refractivity contribution in [3.8, 4) is 0 Å². The van der Waals surface area contributed by atoms with E-state index in [1.807, 2.05) is 0 Å². The highest BCUT2D eigenvalue weighted by atomic mass is 16.4. The summed E-state index contributed by atoms with van der Waals surface area (Å²) in [6.45, 7) is -0.590. The number of likely N-dealkylation sites (tertiary alicyclic amines) is 1. The van der Waals surface area contributed by atoms with E-state index in [9.17, 15) is 24.3 Å². The monoisotopic (exact) mass is 283 g/mol. The Kier molecular flexibility index (Phi) is 3.70. The van der Waals surface area contributed by atoms with E-state index in [0.29, 0.717) is 0 Å². The van der Waals surface area contributed by atoms with Crippen LogP contribution in [0.4, 0.5) is 0 Å². The first kappa shape index (κ1) is 14.0. The van der Waals surface area contributed by atoms with Crippen molar-refractivity contribution in [2.45, 2.75) is 25.1 Å². The fourth-order valence-electron chi connectivity index (χ4n) is 2.13. The summed E-state index contributed by atoms with van der Waals surface area (Å²) in [5, 5.41) is 20.6. The number of nitrogens with zero attached hydrogens (tertiary/aromatic N) is 2. The van der Waals surface area contributed by atoms with E-state index in [1.165, 1.54) is 0 Å². The molecule has 9 nitrogen and oxygen atoms in total. The minimum Gasteiger partial charge on any atom is -0.480 e. The zero-order valence-corrected chi connectivity index (χ0v) is 10.4. The molecule has 0 unspecified atom stereocenters. The molecule has 0 aliphatic carbocycles. The third kappa shape index (κ3) is 2.77. The standard InChI is InChI=1S/C11H13N3O6/c15-6-3-7(11(19)20)13(4-6)10(18)5-14-9(17)2-1-8(16)12-14/h1-2,6-7,15H,3-5H2,(H,12,16)(H,19,20)/t6-,7-/m1/s1. The predicted molar refractivity (Wildman–Crippen MR) is 65.1 cm³/mol. The van der Waals surface area contributed by atoms with E-state index in [4.69, 9.17) is 5.11 Å². The SMILES string of the molecule is O=C(O)[C@H]1C[C@@H](O)CN1C(=O)Cn1[nH]c(=O)ccc1=O. The fourth-order valence-corrected chi connectivity index (χ4v) is 2.13. The van der Waals surface area contributed by atoms with E-state index in [1.54, 1.807) is 0 Å². The van der Waals surface area contributed by atoms with Gasteiger partial charge < -0.3 is 15.1 Å². The molecule has 1 amide bonds. The van der Waals surface area contributed by atoms with Gasteiger partial charge in [-0.05, 0) is 0 Å². The van der Waals surface area contributed by atoms with Crippen LogP contribution in [0.1, 0.15) is 6.42 Å². The van der Waals surface area contributed by atoms with Crippen molar-refractivity contribution < 1.29 is 19.8 Å². The highest BCUT2D eigenvalue weighted by molar-refractivity contribution is 5.84. The largest absolute Gasteiger partial charge is 0.480 e. The minimum absolute atomic E-state index is 0.0543. The number of β-amino-alcohol motifs (C(OH)–C–C–N with tert-alkyl or cyclic N) is 1. The Labute approximate surface area is 112 Å². The number of rotatable bonds is 3. The van der Waals surface area contributed by atoms with Crippen LogP contribution in [0.15, 0.2) is 21.7 Å². The summed E-state index contributed by atoms with van der Waals surface area (Å²) in [4.78, 5) is 46.6. The van der Waals surface area contributed by atoms with Crippen LogP contribution in [-0.2, 0) is 16.1 Å². The average molecular weight is 283 g/mol. The molecule has 3 N–H and O–H groups in total. The van der Waals surface area contributed by atoms with Crippen LogP contribution in [-0.4, -0.2) is 55.5 Å².